The summed E-state index contributed by atoms with van der Waals surface area (Å²) in [5.41, 5.74) is 1.13. The van der Waals surface area contributed by atoms with Crippen LogP contribution in [-0.2, 0) is 4.79 Å². The second kappa shape index (κ2) is 8.35. The lowest BCUT2D eigenvalue weighted by Crippen LogP contribution is -2.50. The smallest absolute Gasteiger partial charge is 0.281 e. The number of halogens is 1. The minimum atomic E-state index is -0.727. The number of nitrogens with zero attached hydrogens (tertiary/aromatic N) is 3. The number of nitro groups is 1. The third-order valence-corrected chi connectivity index (χ3v) is 5.56. The van der Waals surface area contributed by atoms with Crippen molar-refractivity contribution in [3.8, 4) is 11.3 Å². The second-order valence-electron chi connectivity index (χ2n) is 7.23. The average molecular weight is 455 g/mol. The van der Waals surface area contributed by atoms with E-state index in [-0.39, 0.29) is 40.4 Å². The number of fused-ring (bicyclic) bond motifs is 1. The molecule has 32 heavy (non-hydrogen) atoms. The highest BCUT2D eigenvalue weighted by molar-refractivity contribution is 6.30. The Morgan fingerprint density at radius 1 is 1.19 bits per heavy atom. The topological polar surface area (TPSA) is 109 Å². The molecule has 1 aliphatic rings. The van der Waals surface area contributed by atoms with Crippen molar-refractivity contribution in [2.75, 3.05) is 25.5 Å². The molecule has 3 aromatic rings. The van der Waals surface area contributed by atoms with E-state index in [0.717, 1.165) is 0 Å². The van der Waals surface area contributed by atoms with Crippen LogP contribution in [0.1, 0.15) is 22.3 Å². The SMILES string of the molecule is CNC(=O)CN1c2ccccc2C(=O)N(C)C1c1ccc(-c2ccc(Cl)cc2[N+](=O)[O-])o1. The van der Waals surface area contributed by atoms with E-state index >= 15 is 0 Å². The average Bonchev–Trinajstić information content (AvgIpc) is 3.26. The predicted molar refractivity (Wildman–Crippen MR) is 118 cm³/mol. The van der Waals surface area contributed by atoms with Gasteiger partial charge in [0.05, 0.1) is 28.3 Å². The van der Waals surface area contributed by atoms with Gasteiger partial charge in [-0.15, -0.1) is 0 Å². The third-order valence-electron chi connectivity index (χ3n) is 5.32. The molecule has 0 fully saturated rings. The predicted octanol–water partition coefficient (Wildman–Crippen LogP) is 3.85. The van der Waals surface area contributed by atoms with Gasteiger partial charge in [-0.1, -0.05) is 23.7 Å². The molecule has 0 bridgehead atoms. The Morgan fingerprint density at radius 2 is 1.94 bits per heavy atom. The fourth-order valence-electron chi connectivity index (χ4n) is 3.80. The number of amides is 2. The van der Waals surface area contributed by atoms with Crippen LogP contribution in [0, 0.1) is 10.1 Å². The minimum Gasteiger partial charge on any atom is -0.457 e. The summed E-state index contributed by atoms with van der Waals surface area (Å²) < 4.78 is 6.00. The molecule has 0 saturated carbocycles. The number of nitrogens with one attached hydrogen (secondary N) is 1. The van der Waals surface area contributed by atoms with Crippen LogP contribution >= 0.6 is 11.6 Å². The number of nitro benzene ring substituents is 1. The number of rotatable bonds is 5. The molecule has 4 rings (SSSR count). The summed E-state index contributed by atoms with van der Waals surface area (Å²) in [7, 11) is 3.15. The molecular formula is C22H19ClN4O5. The summed E-state index contributed by atoms with van der Waals surface area (Å²) >= 11 is 5.92. The number of carbonyl (C=O) groups is 2. The zero-order chi connectivity index (χ0) is 23.0. The lowest BCUT2D eigenvalue weighted by Gasteiger charge is -2.42. The Bertz CT molecular complexity index is 1220. The summed E-state index contributed by atoms with van der Waals surface area (Å²) in [5, 5.41) is 14.3. The maximum Gasteiger partial charge on any atom is 0.281 e. The number of carbonyl (C=O) groups excluding carboxylic acids is 2. The molecule has 10 heteroatoms. The molecule has 0 saturated heterocycles. The van der Waals surface area contributed by atoms with Gasteiger partial charge in [-0.25, -0.2) is 0 Å². The van der Waals surface area contributed by atoms with Crippen molar-refractivity contribution >= 4 is 34.8 Å². The van der Waals surface area contributed by atoms with Crippen LogP contribution in [0.3, 0.4) is 0 Å². The zero-order valence-electron chi connectivity index (χ0n) is 17.2. The summed E-state index contributed by atoms with van der Waals surface area (Å²) in [6.07, 6.45) is -0.727. The van der Waals surface area contributed by atoms with Crippen molar-refractivity contribution < 1.29 is 18.9 Å². The lowest BCUT2D eigenvalue weighted by molar-refractivity contribution is -0.384. The molecule has 0 aliphatic carbocycles. The number of anilines is 1. The van der Waals surface area contributed by atoms with Crippen LogP contribution in [0.2, 0.25) is 5.02 Å². The molecule has 0 spiro atoms. The first-order chi connectivity index (χ1) is 15.3. The first-order valence-electron chi connectivity index (χ1n) is 9.69. The maximum absolute atomic E-state index is 13.0. The number of hydrogen-bond acceptors (Lipinski definition) is 6. The second-order valence-corrected chi connectivity index (χ2v) is 7.66. The highest BCUT2D eigenvalue weighted by Gasteiger charge is 2.39. The molecule has 0 radical (unpaired) electrons. The molecule has 1 aromatic heterocycles. The molecule has 9 nitrogen and oxygen atoms in total. The molecule has 2 amide bonds. The van der Waals surface area contributed by atoms with Crippen LogP contribution in [0.15, 0.2) is 59.0 Å². The van der Waals surface area contributed by atoms with Gasteiger partial charge in [0.2, 0.25) is 5.91 Å². The van der Waals surface area contributed by atoms with Crippen molar-refractivity contribution in [2.24, 2.45) is 0 Å². The van der Waals surface area contributed by atoms with Crippen LogP contribution in [0.5, 0.6) is 0 Å². The van der Waals surface area contributed by atoms with E-state index in [1.54, 1.807) is 48.3 Å². The Hall–Kier alpha value is -3.85. The summed E-state index contributed by atoms with van der Waals surface area (Å²) in [5.74, 6) is 0.142. The molecule has 2 aromatic carbocycles. The highest BCUT2D eigenvalue weighted by atomic mass is 35.5. The van der Waals surface area contributed by atoms with E-state index in [4.69, 9.17) is 16.0 Å². The van der Waals surface area contributed by atoms with E-state index in [0.29, 0.717) is 17.0 Å². The summed E-state index contributed by atoms with van der Waals surface area (Å²) in [4.78, 5) is 39.5. The first-order valence-corrected chi connectivity index (χ1v) is 10.1. The number of para-hydroxylation sites is 1. The normalized spacial score (nSPS) is 15.5. The van der Waals surface area contributed by atoms with Crippen molar-refractivity contribution in [1.29, 1.82) is 0 Å². The van der Waals surface area contributed by atoms with Gasteiger partial charge in [-0.2, -0.15) is 0 Å². The standard InChI is InChI=1S/C22H19ClN4O5/c1-24-20(28)12-26-16-6-4-3-5-15(16)22(29)25(2)21(26)19-10-9-18(32-19)14-8-7-13(23)11-17(14)27(30)31/h3-11,21H,12H2,1-2H3,(H,24,28). The van der Waals surface area contributed by atoms with E-state index < -0.39 is 11.1 Å². The van der Waals surface area contributed by atoms with E-state index in [1.165, 1.54) is 30.1 Å². The number of likely N-dealkylation sites (N-methyl/N-ethyl adjacent to an activating group) is 1. The van der Waals surface area contributed by atoms with Crippen molar-refractivity contribution in [1.82, 2.24) is 10.2 Å². The largest absolute Gasteiger partial charge is 0.457 e. The molecule has 1 N–H and O–H groups in total. The Labute approximate surface area is 188 Å². The van der Waals surface area contributed by atoms with Crippen molar-refractivity contribution in [2.45, 2.75) is 6.17 Å². The Kier molecular flexibility index (Phi) is 5.58. The summed E-state index contributed by atoms with van der Waals surface area (Å²) in [6.45, 7) is -0.0209. The fourth-order valence-corrected chi connectivity index (χ4v) is 3.96. The van der Waals surface area contributed by atoms with Crippen LogP contribution < -0.4 is 10.2 Å². The van der Waals surface area contributed by atoms with Gasteiger partial charge in [0, 0.05) is 25.2 Å². The van der Waals surface area contributed by atoms with Gasteiger partial charge < -0.3 is 19.5 Å². The number of benzene rings is 2. The molecule has 164 valence electrons. The van der Waals surface area contributed by atoms with Crippen LogP contribution in [-0.4, -0.2) is 42.3 Å². The number of hydrogen-bond donors (Lipinski definition) is 1. The van der Waals surface area contributed by atoms with Gasteiger partial charge in [0.15, 0.2) is 6.17 Å². The van der Waals surface area contributed by atoms with E-state index in [9.17, 15) is 19.7 Å². The summed E-state index contributed by atoms with van der Waals surface area (Å²) in [6, 6.07) is 14.6. The zero-order valence-corrected chi connectivity index (χ0v) is 18.0. The van der Waals surface area contributed by atoms with Gasteiger partial charge in [-0.05, 0) is 36.4 Å². The Morgan fingerprint density at radius 3 is 2.66 bits per heavy atom. The lowest BCUT2D eigenvalue weighted by atomic mass is 10.0. The van der Waals surface area contributed by atoms with Crippen molar-refractivity contribution in [3.63, 3.8) is 0 Å². The van der Waals surface area contributed by atoms with Gasteiger partial charge in [0.1, 0.15) is 11.5 Å². The van der Waals surface area contributed by atoms with Crippen LogP contribution in [0.25, 0.3) is 11.3 Å². The van der Waals surface area contributed by atoms with Gasteiger partial charge in [0.25, 0.3) is 11.6 Å². The molecule has 1 unspecified atom stereocenters. The molecule has 2 heterocycles. The molecule has 1 atom stereocenters. The first kappa shape index (κ1) is 21.4. The minimum absolute atomic E-state index is 0.0209. The fraction of sp³-hybridized carbons (Fsp3) is 0.182. The molecular weight excluding hydrogens is 436 g/mol. The van der Waals surface area contributed by atoms with E-state index in [1.807, 2.05) is 0 Å². The van der Waals surface area contributed by atoms with Gasteiger partial charge in [-0.3, -0.25) is 19.7 Å². The van der Waals surface area contributed by atoms with Gasteiger partial charge >= 0.3 is 0 Å². The van der Waals surface area contributed by atoms with E-state index in [2.05, 4.69) is 5.32 Å². The third kappa shape index (κ3) is 3.67. The maximum atomic E-state index is 13.0. The monoisotopic (exact) mass is 454 g/mol. The Balaban J connectivity index is 1.81. The van der Waals surface area contributed by atoms with Crippen LogP contribution in [0.4, 0.5) is 11.4 Å². The highest BCUT2D eigenvalue weighted by Crippen LogP contribution is 2.40. The quantitative estimate of drug-likeness (QED) is 0.463. The molecule has 1 aliphatic heterocycles. The van der Waals surface area contributed by atoms with Crippen molar-refractivity contribution in [3.05, 3.63) is 81.1 Å². The number of furan rings is 1.